The van der Waals surface area contributed by atoms with E-state index in [1.54, 1.807) is 24.3 Å². The van der Waals surface area contributed by atoms with Gasteiger partial charge in [0, 0.05) is 30.5 Å². The van der Waals surface area contributed by atoms with Crippen LogP contribution in [0, 0.1) is 0 Å². The summed E-state index contributed by atoms with van der Waals surface area (Å²) in [5.74, 6) is -0.331. The lowest BCUT2D eigenvalue weighted by molar-refractivity contribution is -0.148. The van der Waals surface area contributed by atoms with Gasteiger partial charge in [-0.15, -0.1) is 0 Å². The van der Waals surface area contributed by atoms with Crippen LogP contribution in [0.1, 0.15) is 23.2 Å². The van der Waals surface area contributed by atoms with Crippen molar-refractivity contribution in [2.24, 2.45) is 0 Å². The highest BCUT2D eigenvalue weighted by atomic mass is 19.4. The third-order valence-electron chi connectivity index (χ3n) is 5.36. The summed E-state index contributed by atoms with van der Waals surface area (Å²) in [7, 11) is 0. The Bertz CT molecular complexity index is 1240. The molecule has 1 atom stereocenters. The number of likely N-dealkylation sites (tertiary alicyclic amines) is 1. The van der Waals surface area contributed by atoms with E-state index in [0.29, 0.717) is 36.5 Å². The van der Waals surface area contributed by atoms with Crippen LogP contribution in [-0.4, -0.2) is 63.5 Å². The van der Waals surface area contributed by atoms with Gasteiger partial charge in [-0.25, -0.2) is 9.97 Å². The zero-order chi connectivity index (χ0) is 25.0. The standard InChI is InChI=1S/C23H23F3N6O3/c1-2-18(33)29-14-5-3-7-16(9-14)35-19-11-28-21-20(31-19)17(10-27-21)22(34)30-15-6-4-8-32(12-15)13-23(24,25)26/h2-3,5,7,9-11,15H,1,4,6,8,12-13H2,(H,27,28)(H,29,33)(H,30,34)/t15-/m1/s1. The molecule has 2 amide bonds. The number of aromatic nitrogens is 3. The number of ether oxygens (including phenoxy) is 1. The van der Waals surface area contributed by atoms with Crippen LogP contribution in [0.3, 0.4) is 0 Å². The Morgan fingerprint density at radius 1 is 1.34 bits per heavy atom. The number of hydrogen-bond acceptors (Lipinski definition) is 6. The van der Waals surface area contributed by atoms with Gasteiger partial charge in [0.2, 0.25) is 11.8 Å². The van der Waals surface area contributed by atoms with Gasteiger partial charge < -0.3 is 20.4 Å². The molecule has 0 spiro atoms. The quantitative estimate of drug-likeness (QED) is 0.438. The molecule has 4 rings (SSSR count). The molecule has 1 saturated heterocycles. The molecule has 1 aliphatic heterocycles. The van der Waals surface area contributed by atoms with E-state index in [1.807, 2.05) is 0 Å². The fraction of sp³-hybridized carbons (Fsp3) is 0.304. The van der Waals surface area contributed by atoms with Gasteiger partial charge in [0.05, 0.1) is 18.3 Å². The number of aromatic amines is 1. The molecule has 0 bridgehead atoms. The second-order valence-corrected chi connectivity index (χ2v) is 8.09. The van der Waals surface area contributed by atoms with E-state index in [9.17, 15) is 22.8 Å². The molecule has 1 fully saturated rings. The lowest BCUT2D eigenvalue weighted by Crippen LogP contribution is -2.49. The lowest BCUT2D eigenvalue weighted by Gasteiger charge is -2.33. The van der Waals surface area contributed by atoms with Gasteiger partial charge in [-0.05, 0) is 37.6 Å². The number of carbonyl (C=O) groups is 2. The highest BCUT2D eigenvalue weighted by Crippen LogP contribution is 2.25. The highest BCUT2D eigenvalue weighted by molar-refractivity contribution is 6.04. The van der Waals surface area contributed by atoms with Gasteiger partial charge in [-0.1, -0.05) is 12.6 Å². The smallest absolute Gasteiger partial charge is 0.401 e. The van der Waals surface area contributed by atoms with Crippen molar-refractivity contribution in [2.45, 2.75) is 25.1 Å². The van der Waals surface area contributed by atoms with Crippen molar-refractivity contribution in [1.29, 1.82) is 0 Å². The summed E-state index contributed by atoms with van der Waals surface area (Å²) in [5.41, 5.74) is 1.32. The summed E-state index contributed by atoms with van der Waals surface area (Å²) < 4.78 is 43.9. The van der Waals surface area contributed by atoms with E-state index in [0.717, 1.165) is 6.08 Å². The molecular weight excluding hydrogens is 465 g/mol. The van der Waals surface area contributed by atoms with Gasteiger partial charge in [-0.3, -0.25) is 14.5 Å². The summed E-state index contributed by atoms with van der Waals surface area (Å²) in [5, 5.41) is 5.43. The van der Waals surface area contributed by atoms with E-state index in [-0.39, 0.29) is 29.4 Å². The summed E-state index contributed by atoms with van der Waals surface area (Å²) in [6, 6.07) is 6.20. The predicted octanol–water partition coefficient (Wildman–Crippen LogP) is 3.63. The van der Waals surface area contributed by atoms with Crippen molar-refractivity contribution in [3.8, 4) is 11.6 Å². The van der Waals surface area contributed by atoms with Crippen LogP contribution in [0.15, 0.2) is 49.3 Å². The molecule has 3 heterocycles. The van der Waals surface area contributed by atoms with Crippen molar-refractivity contribution < 1.29 is 27.5 Å². The first kappa shape index (κ1) is 24.2. The fourth-order valence-electron chi connectivity index (χ4n) is 3.88. The maximum atomic E-state index is 12.9. The number of alkyl halides is 3. The summed E-state index contributed by atoms with van der Waals surface area (Å²) in [6.07, 6.45) is 0.829. The van der Waals surface area contributed by atoms with Crippen molar-refractivity contribution in [3.05, 3.63) is 54.9 Å². The second kappa shape index (κ2) is 10.1. The normalized spacial score (nSPS) is 16.6. The minimum Gasteiger partial charge on any atom is -0.437 e. The molecule has 0 saturated carbocycles. The number of H-pyrrole nitrogens is 1. The Balaban J connectivity index is 1.46. The van der Waals surface area contributed by atoms with Gasteiger partial charge >= 0.3 is 6.18 Å². The summed E-state index contributed by atoms with van der Waals surface area (Å²) >= 11 is 0. The monoisotopic (exact) mass is 488 g/mol. The maximum Gasteiger partial charge on any atom is 0.401 e. The average Bonchev–Trinajstić information content (AvgIpc) is 3.22. The zero-order valence-electron chi connectivity index (χ0n) is 18.6. The molecule has 35 heavy (non-hydrogen) atoms. The van der Waals surface area contributed by atoms with Crippen LogP contribution < -0.4 is 15.4 Å². The molecule has 3 aromatic rings. The Morgan fingerprint density at radius 2 is 2.17 bits per heavy atom. The van der Waals surface area contributed by atoms with E-state index in [1.165, 1.54) is 17.3 Å². The molecule has 1 aliphatic rings. The lowest BCUT2D eigenvalue weighted by atomic mass is 10.1. The first-order chi connectivity index (χ1) is 16.7. The first-order valence-electron chi connectivity index (χ1n) is 10.9. The number of halogens is 3. The molecule has 0 unspecified atom stereocenters. The number of anilines is 1. The van der Waals surface area contributed by atoms with Crippen LogP contribution in [0.2, 0.25) is 0 Å². The number of carbonyl (C=O) groups excluding carboxylic acids is 2. The van der Waals surface area contributed by atoms with Gasteiger partial charge in [0.1, 0.15) is 11.3 Å². The van der Waals surface area contributed by atoms with Gasteiger partial charge in [0.15, 0.2) is 5.65 Å². The van der Waals surface area contributed by atoms with E-state index < -0.39 is 24.7 Å². The van der Waals surface area contributed by atoms with Gasteiger partial charge in [0.25, 0.3) is 5.91 Å². The second-order valence-electron chi connectivity index (χ2n) is 8.09. The van der Waals surface area contributed by atoms with E-state index in [4.69, 9.17) is 4.74 Å². The molecule has 9 nitrogen and oxygen atoms in total. The molecule has 184 valence electrons. The van der Waals surface area contributed by atoms with Crippen LogP contribution >= 0.6 is 0 Å². The minimum atomic E-state index is -4.29. The Hall–Kier alpha value is -3.93. The number of nitrogens with one attached hydrogen (secondary N) is 3. The zero-order valence-corrected chi connectivity index (χ0v) is 18.6. The largest absolute Gasteiger partial charge is 0.437 e. The summed E-state index contributed by atoms with van der Waals surface area (Å²) in [6.45, 7) is 2.85. The molecular formula is C23H23F3N6O3. The van der Waals surface area contributed by atoms with Crippen LogP contribution in [0.25, 0.3) is 11.2 Å². The Labute approximate surface area is 198 Å². The van der Waals surface area contributed by atoms with Crippen molar-refractivity contribution in [3.63, 3.8) is 0 Å². The number of hydrogen-bond donors (Lipinski definition) is 3. The van der Waals surface area contributed by atoms with Crippen LogP contribution in [-0.2, 0) is 4.79 Å². The van der Waals surface area contributed by atoms with Crippen molar-refractivity contribution in [1.82, 2.24) is 25.2 Å². The van der Waals surface area contributed by atoms with E-state index >= 15 is 0 Å². The number of piperidine rings is 1. The average molecular weight is 488 g/mol. The number of benzene rings is 1. The molecule has 0 aliphatic carbocycles. The van der Waals surface area contributed by atoms with Crippen molar-refractivity contribution >= 4 is 28.7 Å². The van der Waals surface area contributed by atoms with E-state index in [2.05, 4.69) is 32.2 Å². The number of amides is 2. The predicted molar refractivity (Wildman–Crippen MR) is 122 cm³/mol. The number of nitrogens with zero attached hydrogens (tertiary/aromatic N) is 3. The Kier molecular flexibility index (Phi) is 7.01. The van der Waals surface area contributed by atoms with Gasteiger partial charge in [-0.2, -0.15) is 13.2 Å². The topological polar surface area (TPSA) is 112 Å². The van der Waals surface area contributed by atoms with Crippen molar-refractivity contribution in [2.75, 3.05) is 25.0 Å². The SMILES string of the molecule is C=CC(=O)Nc1cccc(Oc2cnc3[nH]cc(C(=O)N[C@@H]4CCCN(CC(F)(F)F)C4)c3n2)c1. The number of fused-ring (bicyclic) bond motifs is 1. The third kappa shape index (κ3) is 6.35. The maximum absolute atomic E-state index is 12.9. The molecule has 2 aromatic heterocycles. The summed E-state index contributed by atoms with van der Waals surface area (Å²) in [4.78, 5) is 37.2. The number of rotatable bonds is 7. The molecule has 12 heteroatoms. The fourth-order valence-corrected chi connectivity index (χ4v) is 3.88. The molecule has 0 radical (unpaired) electrons. The minimum absolute atomic E-state index is 0.117. The third-order valence-corrected chi connectivity index (χ3v) is 5.36. The van der Waals surface area contributed by atoms with Crippen LogP contribution in [0.4, 0.5) is 18.9 Å². The first-order valence-corrected chi connectivity index (χ1v) is 10.9. The van der Waals surface area contributed by atoms with Crippen LogP contribution in [0.5, 0.6) is 11.6 Å². The molecule has 3 N–H and O–H groups in total. The molecule has 1 aromatic carbocycles. The highest BCUT2D eigenvalue weighted by Gasteiger charge is 2.33. The Morgan fingerprint density at radius 3 is 2.94 bits per heavy atom.